The average molecular weight is 718 g/mol. The van der Waals surface area contributed by atoms with E-state index < -0.39 is 0 Å². The SMILES string of the molecule is C=C(C)C(=O)NCCC[N+](C)(C)CCCCCCCCCOC(=O)CCCCCCCCC[N+](C)(C)CCCNC(=O)C(=C)C.CC.CCl. The summed E-state index contributed by atoms with van der Waals surface area (Å²) in [6, 6.07) is 0. The smallest absolute Gasteiger partial charge is 0.305 e. The molecule has 0 spiro atoms. The Labute approximate surface area is 309 Å². The minimum atomic E-state index is -0.0475. The van der Waals surface area contributed by atoms with Gasteiger partial charge in [-0.1, -0.05) is 78.4 Å². The molecule has 0 saturated carbocycles. The second kappa shape index (κ2) is 34.5. The van der Waals surface area contributed by atoms with Gasteiger partial charge in [0, 0.05) is 49.9 Å². The summed E-state index contributed by atoms with van der Waals surface area (Å²) in [6.45, 7) is 21.3. The molecule has 0 rings (SSSR count). The fraction of sp³-hybridized carbons (Fsp3) is 0.825. The number of amides is 2. The van der Waals surface area contributed by atoms with E-state index in [-0.39, 0.29) is 17.8 Å². The largest absolute Gasteiger partial charge is 0.466 e. The van der Waals surface area contributed by atoms with Crippen LogP contribution in [0.4, 0.5) is 0 Å². The number of carbonyl (C=O) groups excluding carboxylic acids is 3. The van der Waals surface area contributed by atoms with Crippen LogP contribution in [-0.2, 0) is 19.1 Å². The molecule has 0 aliphatic carbocycles. The van der Waals surface area contributed by atoms with Crippen molar-refractivity contribution in [3.05, 3.63) is 24.3 Å². The van der Waals surface area contributed by atoms with E-state index in [1.165, 1.54) is 83.7 Å². The maximum Gasteiger partial charge on any atom is 0.305 e. The summed E-state index contributed by atoms with van der Waals surface area (Å²) in [5.41, 5.74) is 1.13. The van der Waals surface area contributed by atoms with Crippen LogP contribution < -0.4 is 10.6 Å². The van der Waals surface area contributed by atoms with Gasteiger partial charge < -0.3 is 24.3 Å². The molecule has 0 atom stereocenters. The lowest BCUT2D eigenvalue weighted by atomic mass is 10.1. The first kappa shape index (κ1) is 51.5. The van der Waals surface area contributed by atoms with Gasteiger partial charge in [-0.3, -0.25) is 14.4 Å². The van der Waals surface area contributed by atoms with Crippen molar-refractivity contribution in [1.82, 2.24) is 10.6 Å². The summed E-state index contributed by atoms with van der Waals surface area (Å²) in [7, 11) is 9.08. The number of unbranched alkanes of at least 4 members (excludes halogenated alkanes) is 12. The third-order valence-electron chi connectivity index (χ3n) is 8.54. The predicted octanol–water partition coefficient (Wildman–Crippen LogP) is 8.58. The normalized spacial score (nSPS) is 11.0. The number of esters is 1. The molecule has 0 bridgehead atoms. The molecule has 0 radical (unpaired) electrons. The average Bonchev–Trinajstić information content (AvgIpc) is 3.06. The van der Waals surface area contributed by atoms with Crippen LogP contribution in [0.25, 0.3) is 0 Å². The van der Waals surface area contributed by atoms with Gasteiger partial charge in [0.05, 0.1) is 61.0 Å². The van der Waals surface area contributed by atoms with Crippen LogP contribution in [0.5, 0.6) is 0 Å². The molecule has 0 aromatic rings. The third kappa shape index (κ3) is 37.2. The molecular weight excluding hydrogens is 636 g/mol. The molecule has 0 aliphatic rings. The second-order valence-electron chi connectivity index (χ2n) is 14.5. The van der Waals surface area contributed by atoms with Gasteiger partial charge in [-0.15, -0.1) is 11.6 Å². The molecular formula is C40H81ClN4O4+2. The number of quaternary nitrogens is 2. The monoisotopic (exact) mass is 717 g/mol. The Hall–Kier alpha value is -1.90. The first-order valence-electron chi connectivity index (χ1n) is 19.3. The van der Waals surface area contributed by atoms with Gasteiger partial charge in [-0.2, -0.15) is 0 Å². The first-order chi connectivity index (χ1) is 23.3. The molecule has 290 valence electrons. The van der Waals surface area contributed by atoms with Gasteiger partial charge in [-0.25, -0.2) is 0 Å². The summed E-state index contributed by atoms with van der Waals surface area (Å²) in [4.78, 5) is 35.1. The van der Waals surface area contributed by atoms with Gasteiger partial charge in [-0.05, 0) is 52.4 Å². The Morgan fingerprint density at radius 3 is 1.20 bits per heavy atom. The number of hydrogen-bond donors (Lipinski definition) is 2. The Kier molecular flexibility index (Phi) is 36.3. The van der Waals surface area contributed by atoms with Crippen molar-refractivity contribution in [2.24, 2.45) is 0 Å². The highest BCUT2D eigenvalue weighted by molar-refractivity contribution is 6.15. The Balaban J connectivity index is -0.00000508. The van der Waals surface area contributed by atoms with Gasteiger partial charge in [0.15, 0.2) is 0 Å². The van der Waals surface area contributed by atoms with E-state index in [0.29, 0.717) is 37.3 Å². The number of nitrogens with zero attached hydrogens (tertiary/aromatic N) is 2. The van der Waals surface area contributed by atoms with Crippen LogP contribution >= 0.6 is 11.6 Å². The highest BCUT2D eigenvalue weighted by Crippen LogP contribution is 2.12. The maximum atomic E-state index is 12.0. The quantitative estimate of drug-likeness (QED) is 0.0257. The lowest BCUT2D eigenvalue weighted by Gasteiger charge is -2.30. The van der Waals surface area contributed by atoms with Gasteiger partial charge in [0.25, 0.3) is 0 Å². The second-order valence-corrected chi connectivity index (χ2v) is 14.5. The summed E-state index contributed by atoms with van der Waals surface area (Å²) in [5.74, 6) is -0.128. The Morgan fingerprint density at radius 1 is 0.531 bits per heavy atom. The van der Waals surface area contributed by atoms with E-state index in [1.54, 1.807) is 13.8 Å². The third-order valence-corrected chi connectivity index (χ3v) is 8.54. The van der Waals surface area contributed by atoms with E-state index in [0.717, 1.165) is 60.6 Å². The number of carbonyl (C=O) groups is 3. The van der Waals surface area contributed by atoms with E-state index in [1.807, 2.05) is 13.8 Å². The van der Waals surface area contributed by atoms with Crippen LogP contribution in [0.1, 0.15) is 137 Å². The van der Waals surface area contributed by atoms with Gasteiger partial charge in [0.2, 0.25) is 11.8 Å². The molecule has 2 N–H and O–H groups in total. The minimum Gasteiger partial charge on any atom is -0.466 e. The Bertz CT molecular complexity index is 861. The zero-order valence-electron chi connectivity index (χ0n) is 33.8. The zero-order valence-corrected chi connectivity index (χ0v) is 34.5. The van der Waals surface area contributed by atoms with Crippen molar-refractivity contribution in [3.8, 4) is 0 Å². The first-order valence-corrected chi connectivity index (χ1v) is 20.1. The fourth-order valence-electron chi connectivity index (χ4n) is 5.42. The van der Waals surface area contributed by atoms with Crippen molar-refractivity contribution in [3.63, 3.8) is 0 Å². The van der Waals surface area contributed by atoms with Gasteiger partial charge in [0.1, 0.15) is 0 Å². The van der Waals surface area contributed by atoms with E-state index in [2.05, 4.69) is 63.6 Å². The number of halogens is 1. The predicted molar refractivity (Wildman–Crippen MR) is 212 cm³/mol. The van der Waals surface area contributed by atoms with Crippen molar-refractivity contribution in [2.75, 3.05) is 80.4 Å². The minimum absolute atomic E-state index is 0.0341. The Morgan fingerprint density at radius 2 is 0.837 bits per heavy atom. The highest BCUT2D eigenvalue weighted by atomic mass is 35.5. The standard InChI is InChI=1S/C37H70N4O4.C2H6.CH3Cl/c1-33(2)36(43)38-26-23-30-40(5,6)28-20-16-12-9-11-15-19-25-35(42)45-32-22-18-14-10-13-17-21-29-41(7,8)31-24-27-39-37(44)34(3)4;2*1-2/h1,3,9-32H2,2,4-8H3;1-2H3;1H3/p+2. The van der Waals surface area contributed by atoms with Crippen molar-refractivity contribution in [2.45, 2.75) is 137 Å². The van der Waals surface area contributed by atoms with Crippen LogP contribution in [0.15, 0.2) is 24.3 Å². The summed E-state index contributed by atoms with van der Waals surface area (Å²) in [6.07, 6.45) is 20.6. The summed E-state index contributed by atoms with van der Waals surface area (Å²) in [5, 5.41) is 5.83. The number of alkyl halides is 1. The zero-order chi connectivity index (χ0) is 38.0. The van der Waals surface area contributed by atoms with Crippen LogP contribution in [0.2, 0.25) is 0 Å². The van der Waals surface area contributed by atoms with Crippen LogP contribution in [0, 0.1) is 0 Å². The fourth-order valence-corrected chi connectivity index (χ4v) is 5.42. The molecule has 0 aromatic carbocycles. The van der Waals surface area contributed by atoms with Crippen molar-refractivity contribution < 1.29 is 28.1 Å². The summed E-state index contributed by atoms with van der Waals surface area (Å²) < 4.78 is 7.43. The van der Waals surface area contributed by atoms with E-state index >= 15 is 0 Å². The van der Waals surface area contributed by atoms with Crippen LogP contribution in [-0.4, -0.2) is 107 Å². The molecule has 0 aromatic heterocycles. The van der Waals surface area contributed by atoms with Crippen LogP contribution in [0.3, 0.4) is 0 Å². The molecule has 0 unspecified atom stereocenters. The topological polar surface area (TPSA) is 84.5 Å². The lowest BCUT2D eigenvalue weighted by molar-refractivity contribution is -0.890. The molecule has 2 amide bonds. The van der Waals surface area contributed by atoms with Crippen molar-refractivity contribution in [1.29, 1.82) is 0 Å². The molecule has 9 heteroatoms. The molecule has 8 nitrogen and oxygen atoms in total. The summed E-state index contributed by atoms with van der Waals surface area (Å²) >= 11 is 4.64. The number of rotatable bonds is 30. The maximum absolute atomic E-state index is 12.0. The molecule has 0 aliphatic heterocycles. The molecule has 0 saturated heterocycles. The van der Waals surface area contributed by atoms with Gasteiger partial charge >= 0.3 is 5.97 Å². The number of nitrogens with one attached hydrogen (secondary N) is 2. The van der Waals surface area contributed by atoms with Crippen molar-refractivity contribution >= 4 is 29.4 Å². The molecule has 49 heavy (non-hydrogen) atoms. The highest BCUT2D eigenvalue weighted by Gasteiger charge is 2.15. The molecule has 0 heterocycles. The number of ether oxygens (including phenoxy) is 1. The molecule has 0 fully saturated rings. The van der Waals surface area contributed by atoms with E-state index in [4.69, 9.17) is 4.74 Å². The number of hydrogen-bond acceptors (Lipinski definition) is 4. The lowest BCUT2D eigenvalue weighted by Crippen LogP contribution is -2.42. The van der Waals surface area contributed by atoms with E-state index in [9.17, 15) is 14.4 Å².